The van der Waals surface area contributed by atoms with E-state index in [2.05, 4.69) is 24.2 Å². The first kappa shape index (κ1) is 14.8. The fourth-order valence-electron chi connectivity index (χ4n) is 2.79. The number of benzene rings is 1. The van der Waals surface area contributed by atoms with Gasteiger partial charge in [0.1, 0.15) is 5.82 Å². The van der Waals surface area contributed by atoms with Crippen LogP contribution in [0.25, 0.3) is 0 Å². The van der Waals surface area contributed by atoms with Gasteiger partial charge in [0.25, 0.3) is 0 Å². The Morgan fingerprint density at radius 2 is 2.05 bits per heavy atom. The van der Waals surface area contributed by atoms with Gasteiger partial charge in [-0.3, -0.25) is 0 Å². The van der Waals surface area contributed by atoms with Crippen molar-refractivity contribution < 1.29 is 4.39 Å². The molecule has 1 aliphatic heterocycles. The van der Waals surface area contributed by atoms with E-state index in [4.69, 9.17) is 5.26 Å². The lowest BCUT2D eigenvalue weighted by Crippen LogP contribution is -2.37. The molecule has 0 aromatic heterocycles. The van der Waals surface area contributed by atoms with Crippen LogP contribution >= 0.6 is 0 Å². The Balaban J connectivity index is 2.09. The smallest absolute Gasteiger partial charge is 0.129 e. The van der Waals surface area contributed by atoms with Gasteiger partial charge in [-0.1, -0.05) is 0 Å². The second kappa shape index (κ2) is 6.23. The number of nitriles is 1. The van der Waals surface area contributed by atoms with Crippen LogP contribution in [0, 0.1) is 30.0 Å². The number of piperidine rings is 1. The lowest BCUT2D eigenvalue weighted by molar-refractivity contribution is 0.208. The Morgan fingerprint density at radius 3 is 2.65 bits per heavy atom. The van der Waals surface area contributed by atoms with Gasteiger partial charge < -0.3 is 10.2 Å². The van der Waals surface area contributed by atoms with E-state index in [9.17, 15) is 4.39 Å². The van der Waals surface area contributed by atoms with Crippen molar-refractivity contribution in [1.82, 2.24) is 4.90 Å². The maximum atomic E-state index is 13.8. The van der Waals surface area contributed by atoms with E-state index in [1.165, 1.54) is 6.07 Å². The van der Waals surface area contributed by atoms with Gasteiger partial charge in [0.05, 0.1) is 11.6 Å². The van der Waals surface area contributed by atoms with Crippen LogP contribution in [0.3, 0.4) is 0 Å². The number of anilines is 1. The number of hydrogen-bond donors (Lipinski definition) is 1. The van der Waals surface area contributed by atoms with Gasteiger partial charge in [0, 0.05) is 17.3 Å². The number of rotatable bonds is 3. The highest BCUT2D eigenvalue weighted by Gasteiger charge is 2.22. The summed E-state index contributed by atoms with van der Waals surface area (Å²) >= 11 is 0. The van der Waals surface area contributed by atoms with Crippen LogP contribution in [-0.4, -0.2) is 31.1 Å². The highest BCUT2D eigenvalue weighted by Crippen LogP contribution is 2.26. The van der Waals surface area contributed by atoms with Gasteiger partial charge in [-0.05, 0) is 64.9 Å². The first-order valence-electron chi connectivity index (χ1n) is 7.16. The third-order valence-electron chi connectivity index (χ3n) is 4.33. The zero-order valence-electron chi connectivity index (χ0n) is 12.4. The van der Waals surface area contributed by atoms with Gasteiger partial charge >= 0.3 is 0 Å². The van der Waals surface area contributed by atoms with Crippen LogP contribution in [0.15, 0.2) is 12.1 Å². The van der Waals surface area contributed by atoms with E-state index in [0.29, 0.717) is 17.0 Å². The molecule has 0 aliphatic carbocycles. The standard InChI is InChI=1S/C16H22FN3/c1-11-15(17)8-13(10-18)9-16(11)19-12(2)14-4-6-20(3)7-5-14/h8-9,12,14,19H,4-7H2,1-3H3. The Morgan fingerprint density at radius 1 is 1.40 bits per heavy atom. The van der Waals surface area contributed by atoms with Gasteiger partial charge in [0.2, 0.25) is 0 Å². The van der Waals surface area contributed by atoms with Crippen LogP contribution in [0.1, 0.15) is 30.9 Å². The van der Waals surface area contributed by atoms with Crippen molar-refractivity contribution in [2.75, 3.05) is 25.5 Å². The lowest BCUT2D eigenvalue weighted by Gasteiger charge is -2.33. The first-order chi connectivity index (χ1) is 9.51. The van der Waals surface area contributed by atoms with E-state index < -0.39 is 0 Å². The van der Waals surface area contributed by atoms with Crippen molar-refractivity contribution in [3.8, 4) is 6.07 Å². The van der Waals surface area contributed by atoms with Crippen LogP contribution < -0.4 is 5.32 Å². The van der Waals surface area contributed by atoms with Crippen molar-refractivity contribution in [3.05, 3.63) is 29.1 Å². The summed E-state index contributed by atoms with van der Waals surface area (Å²) in [5, 5.41) is 12.3. The second-order valence-corrected chi connectivity index (χ2v) is 5.82. The van der Waals surface area contributed by atoms with Crippen molar-refractivity contribution in [2.24, 2.45) is 5.92 Å². The third-order valence-corrected chi connectivity index (χ3v) is 4.33. The molecule has 1 N–H and O–H groups in total. The van der Waals surface area contributed by atoms with Crippen molar-refractivity contribution >= 4 is 5.69 Å². The number of hydrogen-bond acceptors (Lipinski definition) is 3. The molecule has 1 aromatic rings. The molecule has 0 saturated carbocycles. The van der Waals surface area contributed by atoms with Gasteiger partial charge in [0.15, 0.2) is 0 Å². The minimum Gasteiger partial charge on any atom is -0.382 e. The molecule has 1 fully saturated rings. The number of nitrogens with zero attached hydrogens (tertiary/aromatic N) is 2. The largest absolute Gasteiger partial charge is 0.382 e. The molecule has 0 amide bonds. The molecule has 108 valence electrons. The highest BCUT2D eigenvalue weighted by atomic mass is 19.1. The molecule has 2 rings (SSSR count). The van der Waals surface area contributed by atoms with Crippen molar-refractivity contribution in [3.63, 3.8) is 0 Å². The molecule has 1 heterocycles. The predicted octanol–water partition coefficient (Wildman–Crippen LogP) is 3.15. The fourth-order valence-corrected chi connectivity index (χ4v) is 2.79. The topological polar surface area (TPSA) is 39.1 Å². The fraction of sp³-hybridized carbons (Fsp3) is 0.562. The molecule has 0 radical (unpaired) electrons. The molecule has 0 spiro atoms. The second-order valence-electron chi connectivity index (χ2n) is 5.82. The maximum Gasteiger partial charge on any atom is 0.129 e. The molecular formula is C16H22FN3. The van der Waals surface area contributed by atoms with Crippen LogP contribution in [0.5, 0.6) is 0 Å². The third kappa shape index (κ3) is 3.29. The summed E-state index contributed by atoms with van der Waals surface area (Å²) in [6.07, 6.45) is 2.31. The summed E-state index contributed by atoms with van der Waals surface area (Å²) in [4.78, 5) is 2.34. The molecule has 1 unspecified atom stereocenters. The average molecular weight is 275 g/mol. The van der Waals surface area contributed by atoms with Crippen LogP contribution in [0.4, 0.5) is 10.1 Å². The summed E-state index contributed by atoms with van der Waals surface area (Å²) in [5.74, 6) is 0.279. The summed E-state index contributed by atoms with van der Waals surface area (Å²) in [5.41, 5.74) is 1.70. The molecule has 4 heteroatoms. The summed E-state index contributed by atoms with van der Waals surface area (Å²) in [7, 11) is 2.14. The Bertz CT molecular complexity index is 513. The Hall–Kier alpha value is -1.60. The molecule has 1 aromatic carbocycles. The van der Waals surface area contributed by atoms with E-state index >= 15 is 0 Å². The monoisotopic (exact) mass is 275 g/mol. The van der Waals surface area contributed by atoms with Crippen molar-refractivity contribution in [2.45, 2.75) is 32.7 Å². The zero-order chi connectivity index (χ0) is 14.7. The van der Waals surface area contributed by atoms with Crippen LogP contribution in [-0.2, 0) is 0 Å². The molecule has 0 bridgehead atoms. The molecule has 1 aliphatic rings. The van der Waals surface area contributed by atoms with E-state index in [-0.39, 0.29) is 11.9 Å². The number of halogens is 1. The van der Waals surface area contributed by atoms with E-state index in [1.807, 2.05) is 6.07 Å². The molecule has 20 heavy (non-hydrogen) atoms. The highest BCUT2D eigenvalue weighted by molar-refractivity contribution is 5.56. The molecule has 1 atom stereocenters. The van der Waals surface area contributed by atoms with E-state index in [0.717, 1.165) is 31.6 Å². The normalized spacial score (nSPS) is 18.6. The Labute approximate surface area is 120 Å². The summed E-state index contributed by atoms with van der Waals surface area (Å²) in [6.45, 7) is 6.12. The molecule has 3 nitrogen and oxygen atoms in total. The summed E-state index contributed by atoms with van der Waals surface area (Å²) in [6, 6.07) is 5.33. The zero-order valence-corrected chi connectivity index (χ0v) is 12.4. The SMILES string of the molecule is Cc1c(F)cc(C#N)cc1NC(C)C1CCN(C)CC1. The van der Waals surface area contributed by atoms with Gasteiger partial charge in [-0.2, -0.15) is 5.26 Å². The molecular weight excluding hydrogens is 253 g/mol. The summed E-state index contributed by atoms with van der Waals surface area (Å²) < 4.78 is 13.8. The van der Waals surface area contributed by atoms with Crippen molar-refractivity contribution in [1.29, 1.82) is 5.26 Å². The van der Waals surface area contributed by atoms with Crippen LogP contribution in [0.2, 0.25) is 0 Å². The number of likely N-dealkylation sites (tertiary alicyclic amines) is 1. The first-order valence-corrected chi connectivity index (χ1v) is 7.16. The molecule has 1 saturated heterocycles. The minimum atomic E-state index is -0.317. The average Bonchev–Trinajstić information content (AvgIpc) is 2.44. The lowest BCUT2D eigenvalue weighted by atomic mass is 9.90. The predicted molar refractivity (Wildman–Crippen MR) is 79.2 cm³/mol. The van der Waals surface area contributed by atoms with E-state index in [1.54, 1.807) is 13.0 Å². The van der Waals surface area contributed by atoms with Gasteiger partial charge in [-0.15, -0.1) is 0 Å². The number of nitrogens with one attached hydrogen (secondary N) is 1. The maximum absolute atomic E-state index is 13.8. The van der Waals surface area contributed by atoms with Gasteiger partial charge in [-0.25, -0.2) is 4.39 Å². The Kier molecular flexibility index (Phi) is 4.61. The quantitative estimate of drug-likeness (QED) is 0.921. The minimum absolute atomic E-state index is 0.288.